The molecule has 0 aliphatic heterocycles. The van der Waals surface area contributed by atoms with Gasteiger partial charge in [0.15, 0.2) is 11.6 Å². The molecule has 0 bridgehead atoms. The summed E-state index contributed by atoms with van der Waals surface area (Å²) in [6.45, 7) is 3.45. The lowest BCUT2D eigenvalue weighted by Crippen LogP contribution is -2.24. The Labute approximate surface area is 106 Å². The first-order chi connectivity index (χ1) is 8.47. The van der Waals surface area contributed by atoms with Crippen molar-refractivity contribution in [2.75, 3.05) is 25.6 Å². The molecule has 1 aromatic heterocycles. The summed E-state index contributed by atoms with van der Waals surface area (Å²) in [4.78, 5) is 25.1. The number of esters is 1. The zero-order chi connectivity index (χ0) is 13.7. The molecule has 6 heteroatoms. The van der Waals surface area contributed by atoms with Gasteiger partial charge < -0.3 is 9.64 Å². The molecule has 0 amide bonds. The van der Waals surface area contributed by atoms with Crippen LogP contribution in [0.25, 0.3) is 0 Å². The van der Waals surface area contributed by atoms with Crippen LogP contribution < -0.4 is 4.90 Å². The number of ketones is 1. The molecule has 0 aromatic carbocycles. The molecule has 1 unspecified atom stereocenters. The Hall–Kier alpha value is -1.98. The predicted molar refractivity (Wildman–Crippen MR) is 66.5 cm³/mol. The highest BCUT2D eigenvalue weighted by atomic mass is 16.5. The second-order valence-corrected chi connectivity index (χ2v) is 4.01. The quantitative estimate of drug-likeness (QED) is 0.440. The van der Waals surface area contributed by atoms with Gasteiger partial charge in [-0.3, -0.25) is 9.59 Å². The number of anilines is 1. The third kappa shape index (κ3) is 3.26. The van der Waals surface area contributed by atoms with Gasteiger partial charge in [-0.05, 0) is 26.0 Å². The van der Waals surface area contributed by atoms with Gasteiger partial charge in [-0.15, -0.1) is 10.2 Å². The van der Waals surface area contributed by atoms with Crippen molar-refractivity contribution in [1.29, 1.82) is 0 Å². The first kappa shape index (κ1) is 14.1. The van der Waals surface area contributed by atoms with Crippen molar-refractivity contribution in [3.63, 3.8) is 0 Å². The monoisotopic (exact) mass is 251 g/mol. The Balaban J connectivity index is 2.81. The van der Waals surface area contributed by atoms with Gasteiger partial charge in [0.05, 0.1) is 6.61 Å². The molecule has 1 aromatic rings. The van der Waals surface area contributed by atoms with Crippen LogP contribution in [0.2, 0.25) is 0 Å². The number of hydrogen-bond acceptors (Lipinski definition) is 6. The van der Waals surface area contributed by atoms with Gasteiger partial charge in [0.1, 0.15) is 11.6 Å². The SMILES string of the molecule is CCOC(=O)C(C)C(=O)c1ccc(N(C)C)nn1. The van der Waals surface area contributed by atoms with E-state index in [1.807, 2.05) is 14.1 Å². The number of carbonyl (C=O) groups is 2. The van der Waals surface area contributed by atoms with E-state index >= 15 is 0 Å². The summed E-state index contributed by atoms with van der Waals surface area (Å²) in [6, 6.07) is 3.23. The van der Waals surface area contributed by atoms with E-state index in [9.17, 15) is 9.59 Å². The summed E-state index contributed by atoms with van der Waals surface area (Å²) in [5, 5.41) is 7.70. The summed E-state index contributed by atoms with van der Waals surface area (Å²) < 4.78 is 4.79. The van der Waals surface area contributed by atoms with E-state index in [0.717, 1.165) is 0 Å². The van der Waals surface area contributed by atoms with Crippen molar-refractivity contribution in [3.8, 4) is 0 Å². The van der Waals surface area contributed by atoms with Crippen LogP contribution in [-0.4, -0.2) is 42.7 Å². The highest BCUT2D eigenvalue weighted by molar-refractivity contribution is 6.07. The lowest BCUT2D eigenvalue weighted by atomic mass is 10.0. The van der Waals surface area contributed by atoms with Crippen molar-refractivity contribution in [3.05, 3.63) is 17.8 Å². The molecular formula is C12H17N3O3. The number of ether oxygens (including phenoxy) is 1. The fourth-order valence-corrected chi connectivity index (χ4v) is 1.29. The summed E-state index contributed by atoms with van der Waals surface area (Å²) in [5.41, 5.74) is 0.168. The largest absolute Gasteiger partial charge is 0.465 e. The first-order valence-corrected chi connectivity index (χ1v) is 5.69. The topological polar surface area (TPSA) is 72.4 Å². The summed E-state index contributed by atoms with van der Waals surface area (Å²) in [7, 11) is 3.65. The van der Waals surface area contributed by atoms with Crippen molar-refractivity contribution in [2.24, 2.45) is 5.92 Å². The Kier molecular flexibility index (Phi) is 4.76. The molecule has 0 saturated heterocycles. The van der Waals surface area contributed by atoms with Crippen molar-refractivity contribution >= 4 is 17.6 Å². The molecule has 0 aliphatic carbocycles. The summed E-state index contributed by atoms with van der Waals surface area (Å²) in [5.74, 6) is -1.13. The van der Waals surface area contributed by atoms with Crippen LogP contribution in [-0.2, 0) is 9.53 Å². The molecule has 0 spiro atoms. The maximum atomic E-state index is 11.9. The highest BCUT2D eigenvalue weighted by Gasteiger charge is 2.25. The van der Waals surface area contributed by atoms with Gasteiger partial charge in [0.25, 0.3) is 0 Å². The molecule has 0 aliphatic rings. The highest BCUT2D eigenvalue weighted by Crippen LogP contribution is 2.10. The van der Waals surface area contributed by atoms with Crippen LogP contribution in [0.4, 0.5) is 5.82 Å². The second kappa shape index (κ2) is 6.09. The van der Waals surface area contributed by atoms with E-state index in [1.165, 1.54) is 6.92 Å². The molecule has 6 nitrogen and oxygen atoms in total. The molecule has 1 atom stereocenters. The maximum absolute atomic E-state index is 11.9. The Morgan fingerprint density at radius 2 is 2.00 bits per heavy atom. The van der Waals surface area contributed by atoms with Gasteiger partial charge in [-0.25, -0.2) is 0 Å². The van der Waals surface area contributed by atoms with Gasteiger partial charge in [-0.1, -0.05) is 0 Å². The van der Waals surface area contributed by atoms with E-state index in [1.54, 1.807) is 24.0 Å². The van der Waals surface area contributed by atoms with E-state index in [-0.39, 0.29) is 18.1 Å². The van der Waals surface area contributed by atoms with Crippen LogP contribution in [0.3, 0.4) is 0 Å². The number of aromatic nitrogens is 2. The number of hydrogen-bond donors (Lipinski definition) is 0. The average molecular weight is 251 g/mol. The van der Waals surface area contributed by atoms with Crippen molar-refractivity contribution < 1.29 is 14.3 Å². The van der Waals surface area contributed by atoms with Crippen LogP contribution in [0.1, 0.15) is 24.3 Å². The van der Waals surface area contributed by atoms with Crippen LogP contribution in [0.5, 0.6) is 0 Å². The summed E-state index contributed by atoms with van der Waals surface area (Å²) >= 11 is 0. The molecule has 18 heavy (non-hydrogen) atoms. The van der Waals surface area contributed by atoms with Gasteiger partial charge in [-0.2, -0.15) is 0 Å². The average Bonchev–Trinajstić information content (AvgIpc) is 2.37. The lowest BCUT2D eigenvalue weighted by Gasteiger charge is -2.11. The van der Waals surface area contributed by atoms with E-state index in [4.69, 9.17) is 4.74 Å². The molecule has 0 N–H and O–H groups in total. The summed E-state index contributed by atoms with van der Waals surface area (Å²) in [6.07, 6.45) is 0. The van der Waals surface area contributed by atoms with E-state index < -0.39 is 11.9 Å². The second-order valence-electron chi connectivity index (χ2n) is 4.01. The zero-order valence-electron chi connectivity index (χ0n) is 11.0. The Morgan fingerprint density at radius 1 is 1.33 bits per heavy atom. The molecule has 1 rings (SSSR count). The van der Waals surface area contributed by atoms with Crippen molar-refractivity contribution in [1.82, 2.24) is 10.2 Å². The molecule has 0 radical (unpaired) electrons. The maximum Gasteiger partial charge on any atom is 0.316 e. The number of rotatable bonds is 5. The fourth-order valence-electron chi connectivity index (χ4n) is 1.29. The Morgan fingerprint density at radius 3 is 2.44 bits per heavy atom. The molecular weight excluding hydrogens is 234 g/mol. The molecule has 0 saturated carbocycles. The van der Waals surface area contributed by atoms with Gasteiger partial charge in [0.2, 0.25) is 0 Å². The van der Waals surface area contributed by atoms with Crippen molar-refractivity contribution in [2.45, 2.75) is 13.8 Å². The number of carbonyl (C=O) groups excluding carboxylic acids is 2. The lowest BCUT2D eigenvalue weighted by molar-refractivity contribution is -0.145. The third-order valence-electron chi connectivity index (χ3n) is 2.39. The fraction of sp³-hybridized carbons (Fsp3) is 0.500. The number of Topliss-reactive ketones (excluding diaryl/α,β-unsaturated/α-hetero) is 1. The van der Waals surface area contributed by atoms with Crippen LogP contribution in [0.15, 0.2) is 12.1 Å². The smallest absolute Gasteiger partial charge is 0.316 e. The van der Waals surface area contributed by atoms with Crippen LogP contribution in [0, 0.1) is 5.92 Å². The van der Waals surface area contributed by atoms with E-state index in [0.29, 0.717) is 5.82 Å². The minimum absolute atomic E-state index is 0.168. The first-order valence-electron chi connectivity index (χ1n) is 5.69. The minimum atomic E-state index is -0.857. The third-order valence-corrected chi connectivity index (χ3v) is 2.39. The normalized spacial score (nSPS) is 11.8. The van der Waals surface area contributed by atoms with Gasteiger partial charge >= 0.3 is 5.97 Å². The standard InChI is InChI=1S/C12H17N3O3/c1-5-18-12(17)8(2)11(16)9-6-7-10(14-13-9)15(3)4/h6-8H,5H2,1-4H3. The number of nitrogens with zero attached hydrogens (tertiary/aromatic N) is 3. The Bertz CT molecular complexity index is 429. The van der Waals surface area contributed by atoms with E-state index in [2.05, 4.69) is 10.2 Å². The molecule has 98 valence electrons. The molecule has 1 heterocycles. The molecule has 0 fully saturated rings. The predicted octanol–water partition coefficient (Wildman–Crippen LogP) is 0.924. The van der Waals surface area contributed by atoms with Crippen LogP contribution >= 0.6 is 0 Å². The zero-order valence-corrected chi connectivity index (χ0v) is 11.0. The minimum Gasteiger partial charge on any atom is -0.465 e. The van der Waals surface area contributed by atoms with Gasteiger partial charge in [0, 0.05) is 14.1 Å².